The summed E-state index contributed by atoms with van der Waals surface area (Å²) in [6, 6.07) is 7.64. The highest BCUT2D eigenvalue weighted by Crippen LogP contribution is 2.17. The molecule has 0 aliphatic rings. The molecule has 0 fully saturated rings. The van der Waals surface area contributed by atoms with Gasteiger partial charge < -0.3 is 111 Å². The van der Waals surface area contributed by atoms with Gasteiger partial charge in [-0.2, -0.15) is 26.0 Å². The van der Waals surface area contributed by atoms with Gasteiger partial charge in [-0.3, -0.25) is 71.9 Å². The molecule has 18 N–H and O–H groups in total. The molecule has 39 nitrogen and oxygen atoms in total. The molecule has 0 aliphatic heterocycles. The summed E-state index contributed by atoms with van der Waals surface area (Å²) in [5.41, 5.74) is 1.71. The number of rotatable bonds is 62. The van der Waals surface area contributed by atoms with Gasteiger partial charge in [-0.15, -0.1) is 0 Å². The number of nitrogens with zero attached hydrogens (tertiary/aromatic N) is 3. The fourth-order valence-corrected chi connectivity index (χ4v) is 15.5. The Morgan fingerprint density at radius 2 is 0.549 bits per heavy atom. The Labute approximate surface area is 845 Å². The minimum Gasteiger partial charge on any atom is -0.619 e. The summed E-state index contributed by atoms with van der Waals surface area (Å²) in [5.74, 6) is -4.75. The topological polar surface area (TPSA) is 553 Å². The number of nitrogens with one attached hydrogen (secondary N) is 18. The van der Waals surface area contributed by atoms with Crippen molar-refractivity contribution in [1.29, 1.82) is 0 Å². The predicted octanol–water partition coefficient (Wildman–Crippen LogP) is 4.90. The van der Waals surface area contributed by atoms with E-state index in [4.69, 9.17) is 0 Å². The lowest BCUT2D eigenvalue weighted by molar-refractivity contribution is -0.605. The molecule has 142 heavy (non-hydrogen) atoms. The number of aromatic nitrogens is 3. The molecule has 1 aromatic carbocycles. The van der Waals surface area contributed by atoms with Crippen molar-refractivity contribution in [2.24, 2.45) is 41.4 Å². The average Bonchev–Trinajstić information content (AvgIpc) is 0.854. The molecule has 4 aromatic rings. The number of amides is 15. The van der Waals surface area contributed by atoms with Crippen molar-refractivity contribution in [3.05, 3.63) is 142 Å². The van der Waals surface area contributed by atoms with Gasteiger partial charge in [0.2, 0.25) is 70.9 Å². The van der Waals surface area contributed by atoms with Crippen LogP contribution < -0.4 is 110 Å². The molecule has 40 heteroatoms. The summed E-state index contributed by atoms with van der Waals surface area (Å²) in [5, 5.41) is 86.4. The fourth-order valence-electron chi connectivity index (χ4n) is 15.0. The van der Waals surface area contributed by atoms with E-state index in [0.717, 1.165) is 5.56 Å². The van der Waals surface area contributed by atoms with Gasteiger partial charge in [-0.05, 0) is 159 Å². The minimum absolute atomic E-state index is 0.0975. The Balaban J connectivity index is 0.000000721. The van der Waals surface area contributed by atoms with E-state index in [0.29, 0.717) is 124 Å². The summed E-state index contributed by atoms with van der Waals surface area (Å²) in [7, 11) is 0. The first-order valence-corrected chi connectivity index (χ1v) is 51.8. The first-order valence-electron chi connectivity index (χ1n) is 50.4. The van der Waals surface area contributed by atoms with Crippen LogP contribution in [0.1, 0.15) is 273 Å². The van der Waals surface area contributed by atoms with Crippen molar-refractivity contribution < 1.29 is 86.1 Å². The minimum atomic E-state index is -0.948. The molecule has 15 amide bonds. The fraction of sp³-hybridized carbons (Fsp3) is 0.647. The van der Waals surface area contributed by atoms with Gasteiger partial charge in [0.15, 0.2) is 37.2 Å². The highest BCUT2D eigenvalue weighted by Gasteiger charge is 2.36. The van der Waals surface area contributed by atoms with E-state index in [2.05, 4.69) is 95.7 Å². The number of likely N-dealkylation sites (N-methyl/N-ethyl adjacent to an activating group) is 3. The zero-order valence-electron chi connectivity index (χ0n) is 88.3. The maximum Gasteiger partial charge on any atom is 0.252 e. The smallest absolute Gasteiger partial charge is 0.252 e. The third kappa shape index (κ3) is 49.8. The van der Waals surface area contributed by atoms with E-state index in [1.54, 1.807) is 27.0 Å². The van der Waals surface area contributed by atoms with Crippen LogP contribution >= 0.6 is 11.8 Å². The molecule has 0 aliphatic carbocycles. The molecule has 0 spiro atoms. The lowest BCUT2D eigenvalue weighted by atomic mass is 10.0. The summed E-state index contributed by atoms with van der Waals surface area (Å²) in [6.45, 7) is 46.0. The summed E-state index contributed by atoms with van der Waals surface area (Å²) >= 11 is 1.37. The molecule has 0 bridgehead atoms. The molecule has 3 heterocycles. The van der Waals surface area contributed by atoms with Crippen molar-refractivity contribution in [3.63, 3.8) is 0 Å². The van der Waals surface area contributed by atoms with E-state index >= 15 is 0 Å². The SMILES string of the molecule is CCC[C@H](NC(=O)[C@H](CCC(C)C)NC(=O)c1cc[n+]([O-])cc1)C(=O)N[C@H](CN[C@@H](C)C(=O)N[C@H](C(=O)NCC)C(C)C)CC(C)C.CCC[C@H](NC(=O)[C@H](CCc1ccccc1)NC(=O)c1cc[n+]([O-])cc1)C(=O)N[C@H](CN[C@@H](C)C(=O)N[C@H](C(=O)NCC)C(C)C)CC(C)C.CCC[C@H](NC(=O)[C@H](CSC)NC(=O)c1cc[n+]([O-])cc1)C(=O)N[C@H](CN[C@@H](C)C(=O)N[C@H](C(=O)NCC)C(C)C)CC(C)C. The predicted molar refractivity (Wildman–Crippen MR) is 551 cm³/mol. The van der Waals surface area contributed by atoms with Crippen molar-refractivity contribution in [2.45, 2.75) is 333 Å². The van der Waals surface area contributed by atoms with Crippen LogP contribution in [0.3, 0.4) is 0 Å². The van der Waals surface area contributed by atoms with E-state index in [1.807, 2.05) is 169 Å². The number of pyridine rings is 3. The zero-order valence-corrected chi connectivity index (χ0v) is 89.1. The molecule has 796 valence electrons. The number of hydrogen-bond donors (Lipinski definition) is 18. The summed E-state index contributed by atoms with van der Waals surface area (Å²) in [4.78, 5) is 196. The van der Waals surface area contributed by atoms with Crippen LogP contribution in [-0.2, 0) is 64.0 Å². The standard InChI is InChI=1S/C37H57N7O6.C34H59N7O6.C31H53N7O6S/c1-8-13-30(35(47)40-29(22-24(3)4)23-39-26(7)33(45)43-32(25(5)6)37(49)38-9-2)42-36(48)31(17-16-27-14-11-10-12-15-27)41-34(46)28-18-20-44(50)21-19-28;1-10-12-27(39-33(45)28(14-13-21(3)4)38-31(43)25-15-17-41(47)18-16-25)32(44)37-26(19-22(5)6)20-36-24(9)30(42)40-29(23(7)8)34(46)35-11-2;1-9-11-24(35-30(42)25(18-45-8)36-28(40)22-12-14-38(44)15-13-22)29(41)34-23(16-19(3)4)17-33-21(7)27(39)37-26(20(5)6)31(43)32-10-2/h10-12,14-15,18-21,24-26,29-32,39H,8-9,13,16-17,22-23H2,1-7H3,(H,38,49)(H,40,47)(H,41,46)(H,42,48)(H,43,45);15-18,21-24,26-29,36H,10-14,19-20H2,1-9H3,(H,35,46)(H,37,44)(H,38,43)(H,39,45)(H,40,42);12-15,19-21,23-26,33H,9-11,16-18H2,1-8H3,(H,32,43)(H,34,41)(H,35,42)(H,36,40)(H,37,39)/t26-,29-,30-,31-,32-;24-,26-,27-,28-,29-;21-,23-,24-,25-,26-/m000/s1. The Kier molecular flexibility index (Phi) is 61.0. The van der Waals surface area contributed by atoms with Gasteiger partial charge in [0.25, 0.3) is 17.7 Å². The summed E-state index contributed by atoms with van der Waals surface area (Å²) < 4.78 is 1.70. The third-order valence-electron chi connectivity index (χ3n) is 22.9. The van der Waals surface area contributed by atoms with Gasteiger partial charge in [-0.25, -0.2) is 0 Å². The zero-order chi connectivity index (χ0) is 107. The molecule has 4 rings (SSSR count). The van der Waals surface area contributed by atoms with E-state index in [9.17, 15) is 87.5 Å². The van der Waals surface area contributed by atoms with Crippen molar-refractivity contribution in [1.82, 2.24) is 95.7 Å². The quantitative estimate of drug-likeness (QED) is 0.0206. The monoisotopic (exact) mass is 2010 g/mol. The highest BCUT2D eigenvalue weighted by atomic mass is 32.2. The van der Waals surface area contributed by atoms with Gasteiger partial charge in [0.1, 0.15) is 54.4 Å². The second kappa shape index (κ2) is 68.5. The molecule has 0 saturated heterocycles. The molecule has 0 saturated carbocycles. The second-order valence-electron chi connectivity index (χ2n) is 38.7. The first-order chi connectivity index (χ1) is 67.1. The average molecular weight is 2010 g/mol. The van der Waals surface area contributed by atoms with Gasteiger partial charge >= 0.3 is 0 Å². The molecule has 3 aromatic heterocycles. The van der Waals surface area contributed by atoms with Gasteiger partial charge in [0.05, 0.1) is 34.8 Å². The Morgan fingerprint density at radius 1 is 0.289 bits per heavy atom. The molecular weight excluding hydrogens is 1840 g/mol. The largest absolute Gasteiger partial charge is 0.619 e. The normalized spacial score (nSPS) is 14.4. The third-order valence-corrected chi connectivity index (χ3v) is 23.6. The van der Waals surface area contributed by atoms with E-state index in [-0.39, 0.29) is 148 Å². The van der Waals surface area contributed by atoms with Gasteiger partial charge in [-0.1, -0.05) is 167 Å². The van der Waals surface area contributed by atoms with Crippen LogP contribution in [-0.4, -0.2) is 231 Å². The Bertz CT molecular complexity index is 4500. The number of hydrogen-bond acceptors (Lipinski definition) is 22. The van der Waals surface area contributed by atoms with Crippen LogP contribution in [0, 0.1) is 57.0 Å². The maximum atomic E-state index is 13.7. The number of carbonyl (C=O) groups is 15. The van der Waals surface area contributed by atoms with E-state index < -0.39 is 108 Å². The lowest BCUT2D eigenvalue weighted by Crippen LogP contribution is -2.57. The van der Waals surface area contributed by atoms with Crippen LogP contribution in [0.4, 0.5) is 0 Å². The number of thioether (sulfide) groups is 1. The number of carbonyl (C=O) groups excluding carboxylic acids is 15. The van der Waals surface area contributed by atoms with Crippen molar-refractivity contribution in [2.75, 3.05) is 51.3 Å². The molecule has 0 radical (unpaired) electrons. The van der Waals surface area contributed by atoms with Crippen LogP contribution in [0.5, 0.6) is 0 Å². The molecule has 15 atom stereocenters. The van der Waals surface area contributed by atoms with Crippen LogP contribution in [0.2, 0.25) is 0 Å². The summed E-state index contributed by atoms with van der Waals surface area (Å²) in [6.07, 6.45) is 15.8. The van der Waals surface area contributed by atoms with Crippen LogP contribution in [0.15, 0.2) is 104 Å². The lowest BCUT2D eigenvalue weighted by Gasteiger charge is -2.28. The second-order valence-corrected chi connectivity index (χ2v) is 39.6. The molecular formula is C102H169N21O18S. The van der Waals surface area contributed by atoms with E-state index in [1.165, 1.54) is 85.3 Å². The van der Waals surface area contributed by atoms with Crippen molar-refractivity contribution in [3.8, 4) is 0 Å². The highest BCUT2D eigenvalue weighted by molar-refractivity contribution is 7.98. The number of aryl methyl sites for hydroxylation is 1. The van der Waals surface area contributed by atoms with Crippen molar-refractivity contribution >= 4 is 100 Å². The Hall–Kier alpha value is -11.6. The number of benzene rings is 1. The van der Waals surface area contributed by atoms with Gasteiger partial charge in [0, 0.05) is 99.5 Å². The molecule has 0 unspecified atom stereocenters. The Morgan fingerprint density at radius 3 is 0.803 bits per heavy atom. The first kappa shape index (κ1) is 126. The van der Waals surface area contributed by atoms with Crippen LogP contribution in [0.25, 0.3) is 0 Å². The maximum absolute atomic E-state index is 13.7.